The zero-order valence-corrected chi connectivity index (χ0v) is 11.6. The van der Waals surface area contributed by atoms with Crippen LogP contribution >= 0.6 is 11.6 Å². The van der Waals surface area contributed by atoms with Crippen LogP contribution in [-0.4, -0.2) is 44.5 Å². The van der Waals surface area contributed by atoms with Gasteiger partial charge < -0.3 is 4.74 Å². The second-order valence-electron chi connectivity index (χ2n) is 3.45. The maximum absolute atomic E-state index is 12.3. The molecule has 7 heteroatoms. The summed E-state index contributed by atoms with van der Waals surface area (Å²) in [4.78, 5) is 3.78. The average Bonchev–Trinajstić information content (AvgIpc) is 2.34. The molecule has 0 saturated carbocycles. The molecule has 0 aliphatic heterocycles. The van der Waals surface area contributed by atoms with Crippen LogP contribution in [0.15, 0.2) is 36.0 Å². The van der Waals surface area contributed by atoms with Gasteiger partial charge in [0.15, 0.2) is 0 Å². The van der Waals surface area contributed by atoms with Gasteiger partial charge in [0.2, 0.25) is 10.0 Å². The van der Waals surface area contributed by atoms with Crippen LogP contribution in [0, 0.1) is 0 Å². The number of nitrogens with zero attached hydrogens (tertiary/aromatic N) is 2. The maximum atomic E-state index is 12.3. The van der Waals surface area contributed by atoms with Crippen LogP contribution in [0.1, 0.15) is 0 Å². The monoisotopic (exact) mass is 290 g/mol. The molecule has 5 nitrogen and oxygen atoms in total. The summed E-state index contributed by atoms with van der Waals surface area (Å²) in [5.74, 6) is 0. The zero-order chi connectivity index (χ0) is 13.6. The minimum atomic E-state index is -3.68. The number of hydrogen-bond acceptors (Lipinski definition) is 4. The molecule has 100 valence electrons. The summed E-state index contributed by atoms with van der Waals surface area (Å²) in [6, 6.07) is 1.44. The Labute approximate surface area is 112 Å². The van der Waals surface area contributed by atoms with Crippen molar-refractivity contribution in [2.75, 3.05) is 26.8 Å². The molecule has 0 atom stereocenters. The molecule has 0 spiro atoms. The average molecular weight is 291 g/mol. The quantitative estimate of drug-likeness (QED) is 0.715. The molecule has 1 aromatic rings. The third-order valence-corrected chi connectivity index (χ3v) is 4.56. The smallest absolute Gasteiger partial charge is 0.246 e. The Balaban J connectivity index is 3.08. The first-order chi connectivity index (χ1) is 8.54. The molecule has 0 fully saturated rings. The van der Waals surface area contributed by atoms with Gasteiger partial charge in [-0.25, -0.2) is 8.42 Å². The van der Waals surface area contributed by atoms with Crippen LogP contribution in [0.3, 0.4) is 0 Å². The number of sulfonamides is 1. The van der Waals surface area contributed by atoms with E-state index in [4.69, 9.17) is 16.3 Å². The molecule has 1 aromatic heterocycles. The molecule has 0 N–H and O–H groups in total. The highest BCUT2D eigenvalue weighted by molar-refractivity contribution is 7.89. The lowest BCUT2D eigenvalue weighted by molar-refractivity contribution is 0.182. The fraction of sp³-hybridized carbons (Fsp3) is 0.364. The van der Waals surface area contributed by atoms with E-state index in [1.807, 2.05) is 0 Å². The standard InChI is InChI=1S/C11H15ClN2O3S/c1-3-6-14(7-8-17-2)18(15,16)11-9-13-5-4-10(11)12/h3-5,9H,1,6-8H2,2H3. The summed E-state index contributed by atoms with van der Waals surface area (Å²) >= 11 is 5.88. The van der Waals surface area contributed by atoms with E-state index < -0.39 is 10.0 Å². The molecular weight excluding hydrogens is 276 g/mol. The second-order valence-corrected chi connectivity index (χ2v) is 5.76. The first-order valence-electron chi connectivity index (χ1n) is 5.23. The Hall–Kier alpha value is -0.950. The highest BCUT2D eigenvalue weighted by atomic mass is 35.5. The molecule has 18 heavy (non-hydrogen) atoms. The van der Waals surface area contributed by atoms with E-state index in [0.29, 0.717) is 6.61 Å². The Bertz CT molecular complexity index is 505. The zero-order valence-electron chi connectivity index (χ0n) is 10.0. The van der Waals surface area contributed by atoms with Crippen LogP contribution < -0.4 is 0 Å². The van der Waals surface area contributed by atoms with Gasteiger partial charge in [0.25, 0.3) is 0 Å². The Kier molecular flexibility index (Phi) is 5.74. The van der Waals surface area contributed by atoms with Crippen molar-refractivity contribution in [3.63, 3.8) is 0 Å². The predicted octanol–water partition coefficient (Wildman–Crippen LogP) is 1.56. The summed E-state index contributed by atoms with van der Waals surface area (Å²) in [5, 5.41) is 0.150. The van der Waals surface area contributed by atoms with Crippen LogP contribution in [-0.2, 0) is 14.8 Å². The third-order valence-electron chi connectivity index (χ3n) is 2.23. The van der Waals surface area contributed by atoms with E-state index in [2.05, 4.69) is 11.6 Å². The highest BCUT2D eigenvalue weighted by Crippen LogP contribution is 2.22. The highest BCUT2D eigenvalue weighted by Gasteiger charge is 2.25. The molecule has 0 unspecified atom stereocenters. The number of ether oxygens (including phenoxy) is 1. The number of aromatic nitrogens is 1. The van der Waals surface area contributed by atoms with Crippen molar-refractivity contribution in [1.29, 1.82) is 0 Å². The number of hydrogen-bond donors (Lipinski definition) is 0. The van der Waals surface area contributed by atoms with Gasteiger partial charge in [0.05, 0.1) is 11.6 Å². The van der Waals surface area contributed by atoms with E-state index in [9.17, 15) is 8.42 Å². The SMILES string of the molecule is C=CCN(CCOC)S(=O)(=O)c1cnccc1Cl. The predicted molar refractivity (Wildman–Crippen MR) is 70.1 cm³/mol. The minimum absolute atomic E-state index is 0.00961. The number of halogens is 1. The van der Waals surface area contributed by atoms with Gasteiger partial charge in [-0.15, -0.1) is 6.58 Å². The summed E-state index contributed by atoms with van der Waals surface area (Å²) in [6.45, 7) is 4.26. The van der Waals surface area contributed by atoms with Gasteiger partial charge in [-0.3, -0.25) is 4.98 Å². The van der Waals surface area contributed by atoms with Gasteiger partial charge in [-0.05, 0) is 6.07 Å². The molecule has 0 saturated heterocycles. The van der Waals surface area contributed by atoms with Crippen molar-refractivity contribution >= 4 is 21.6 Å². The molecule has 0 aliphatic carbocycles. The number of methoxy groups -OCH3 is 1. The first kappa shape index (κ1) is 15.1. The first-order valence-corrected chi connectivity index (χ1v) is 7.05. The van der Waals surface area contributed by atoms with Crippen molar-refractivity contribution in [1.82, 2.24) is 9.29 Å². The number of rotatable bonds is 7. The van der Waals surface area contributed by atoms with Gasteiger partial charge in [-0.2, -0.15) is 4.31 Å². The topological polar surface area (TPSA) is 59.5 Å². The minimum Gasteiger partial charge on any atom is -0.383 e. The molecule has 0 bridgehead atoms. The van der Waals surface area contributed by atoms with Crippen LogP contribution in [0.5, 0.6) is 0 Å². The molecule has 1 heterocycles. The van der Waals surface area contributed by atoms with E-state index in [1.165, 1.54) is 36.0 Å². The lowest BCUT2D eigenvalue weighted by atomic mass is 10.5. The normalized spacial score (nSPS) is 11.7. The maximum Gasteiger partial charge on any atom is 0.246 e. The molecule has 0 aromatic carbocycles. The van der Waals surface area contributed by atoms with Gasteiger partial charge in [0, 0.05) is 32.6 Å². The van der Waals surface area contributed by atoms with E-state index in [-0.39, 0.29) is 23.0 Å². The Morgan fingerprint density at radius 3 is 2.89 bits per heavy atom. The van der Waals surface area contributed by atoms with Crippen molar-refractivity contribution < 1.29 is 13.2 Å². The summed E-state index contributed by atoms with van der Waals surface area (Å²) in [5.41, 5.74) is 0. The van der Waals surface area contributed by atoms with E-state index in [1.54, 1.807) is 0 Å². The Morgan fingerprint density at radius 1 is 1.61 bits per heavy atom. The summed E-state index contributed by atoms with van der Waals surface area (Å²) in [7, 11) is -2.17. The summed E-state index contributed by atoms with van der Waals surface area (Å²) < 4.78 is 30.8. The Morgan fingerprint density at radius 2 is 2.33 bits per heavy atom. The molecular formula is C11H15ClN2O3S. The third kappa shape index (κ3) is 3.52. The van der Waals surface area contributed by atoms with Crippen molar-refractivity contribution in [2.45, 2.75) is 4.90 Å². The van der Waals surface area contributed by atoms with Crippen LogP contribution in [0.2, 0.25) is 5.02 Å². The lowest BCUT2D eigenvalue weighted by Gasteiger charge is -2.20. The largest absolute Gasteiger partial charge is 0.383 e. The van der Waals surface area contributed by atoms with Gasteiger partial charge >= 0.3 is 0 Å². The molecule has 0 radical (unpaired) electrons. The van der Waals surface area contributed by atoms with Crippen molar-refractivity contribution in [3.8, 4) is 0 Å². The second kappa shape index (κ2) is 6.84. The molecule has 0 amide bonds. The van der Waals surface area contributed by atoms with Gasteiger partial charge in [-0.1, -0.05) is 17.7 Å². The molecule has 1 rings (SSSR count). The lowest BCUT2D eigenvalue weighted by Crippen LogP contribution is -2.34. The van der Waals surface area contributed by atoms with Crippen molar-refractivity contribution in [3.05, 3.63) is 36.1 Å². The summed E-state index contributed by atoms with van der Waals surface area (Å²) in [6.07, 6.45) is 4.19. The van der Waals surface area contributed by atoms with Crippen molar-refractivity contribution in [2.24, 2.45) is 0 Å². The fourth-order valence-electron chi connectivity index (χ4n) is 1.34. The van der Waals surface area contributed by atoms with Gasteiger partial charge in [0.1, 0.15) is 4.90 Å². The van der Waals surface area contributed by atoms with E-state index in [0.717, 1.165) is 0 Å². The number of pyridine rings is 1. The van der Waals surface area contributed by atoms with Crippen LogP contribution in [0.4, 0.5) is 0 Å². The fourth-order valence-corrected chi connectivity index (χ4v) is 3.14. The molecule has 0 aliphatic rings. The van der Waals surface area contributed by atoms with E-state index >= 15 is 0 Å². The van der Waals surface area contributed by atoms with Crippen LogP contribution in [0.25, 0.3) is 0 Å².